The summed E-state index contributed by atoms with van der Waals surface area (Å²) >= 11 is 0. The van der Waals surface area contributed by atoms with Crippen LogP contribution in [0.5, 0.6) is 5.88 Å². The van der Waals surface area contributed by atoms with Crippen molar-refractivity contribution in [3.05, 3.63) is 78.5 Å². The number of hydrogen-bond acceptors (Lipinski definition) is 6. The number of nitrogens with zero attached hydrogens (tertiary/aromatic N) is 7. The van der Waals surface area contributed by atoms with Gasteiger partial charge in [-0.15, -0.1) is 10.2 Å². The first kappa shape index (κ1) is 18.8. The summed E-state index contributed by atoms with van der Waals surface area (Å²) in [6.45, 7) is 0.0533. The number of aryl methyl sites for hydroxylation is 1. The summed E-state index contributed by atoms with van der Waals surface area (Å²) in [5.41, 5.74) is 1.29. The van der Waals surface area contributed by atoms with E-state index in [4.69, 9.17) is 4.74 Å². The van der Waals surface area contributed by atoms with Crippen LogP contribution in [0.15, 0.2) is 61.1 Å². The van der Waals surface area contributed by atoms with Gasteiger partial charge in [-0.05, 0) is 18.2 Å². The third-order valence-electron chi connectivity index (χ3n) is 4.82. The summed E-state index contributed by atoms with van der Waals surface area (Å²) < 4.78 is 38.0. The molecule has 10 heteroatoms. The Hall–Kier alpha value is -4.21. The topological polar surface area (TPSA) is 83.0 Å². The van der Waals surface area contributed by atoms with Crippen molar-refractivity contribution in [3.8, 4) is 28.4 Å². The molecule has 0 atom stereocenters. The quantitative estimate of drug-likeness (QED) is 0.434. The van der Waals surface area contributed by atoms with E-state index in [0.29, 0.717) is 16.9 Å². The summed E-state index contributed by atoms with van der Waals surface area (Å²) in [7, 11) is 1.73. The van der Waals surface area contributed by atoms with Crippen molar-refractivity contribution in [2.45, 2.75) is 6.61 Å². The van der Waals surface area contributed by atoms with Crippen LogP contribution in [0.2, 0.25) is 0 Å². The predicted molar refractivity (Wildman–Crippen MR) is 107 cm³/mol. The summed E-state index contributed by atoms with van der Waals surface area (Å²) in [5.74, 6) is -0.0664. The van der Waals surface area contributed by atoms with Gasteiger partial charge in [0.25, 0.3) is 0 Å². The molecule has 0 aliphatic heterocycles. The number of hydrogen-bond donors (Lipinski definition) is 0. The van der Waals surface area contributed by atoms with E-state index < -0.39 is 11.6 Å². The van der Waals surface area contributed by atoms with E-state index in [2.05, 4.69) is 25.4 Å². The molecule has 8 nitrogen and oxygen atoms in total. The van der Waals surface area contributed by atoms with Gasteiger partial charge in [-0.3, -0.25) is 4.68 Å². The summed E-state index contributed by atoms with van der Waals surface area (Å²) in [5, 5.41) is 16.6. The summed E-state index contributed by atoms with van der Waals surface area (Å²) in [6.07, 6.45) is 2.85. The molecule has 31 heavy (non-hydrogen) atoms. The van der Waals surface area contributed by atoms with Gasteiger partial charge in [-0.25, -0.2) is 18.3 Å². The lowest BCUT2D eigenvalue weighted by molar-refractivity contribution is 0.278. The number of aromatic nitrogens is 7. The lowest BCUT2D eigenvalue weighted by Crippen LogP contribution is -2.05. The number of halogens is 2. The van der Waals surface area contributed by atoms with Crippen molar-refractivity contribution in [1.82, 2.24) is 34.6 Å². The van der Waals surface area contributed by atoms with Crippen molar-refractivity contribution in [2.75, 3.05) is 0 Å². The minimum absolute atomic E-state index is 0.0533. The van der Waals surface area contributed by atoms with Gasteiger partial charge >= 0.3 is 0 Å². The fourth-order valence-corrected chi connectivity index (χ4v) is 3.28. The Balaban J connectivity index is 1.72. The molecule has 0 aliphatic rings. The third kappa shape index (κ3) is 3.27. The van der Waals surface area contributed by atoms with Crippen molar-refractivity contribution >= 4 is 5.52 Å². The van der Waals surface area contributed by atoms with E-state index >= 15 is 0 Å². The Bertz CT molecular complexity index is 1400. The Morgan fingerprint density at radius 1 is 0.968 bits per heavy atom. The molecule has 0 fully saturated rings. The summed E-state index contributed by atoms with van der Waals surface area (Å²) in [6, 6.07) is 12.4. The average molecular weight is 419 g/mol. The van der Waals surface area contributed by atoms with E-state index in [1.165, 1.54) is 29.2 Å². The lowest BCUT2D eigenvalue weighted by Gasteiger charge is -2.06. The molecule has 0 saturated heterocycles. The molecule has 0 unspecified atom stereocenters. The van der Waals surface area contributed by atoms with E-state index in [9.17, 15) is 8.78 Å². The largest absolute Gasteiger partial charge is 0.468 e. The smallest absolute Gasteiger partial charge is 0.242 e. The second-order valence-electron chi connectivity index (χ2n) is 6.69. The molecule has 0 amide bonds. The van der Waals surface area contributed by atoms with E-state index in [0.717, 1.165) is 0 Å². The lowest BCUT2D eigenvalue weighted by atomic mass is 10.1. The predicted octanol–water partition coefficient (Wildman–Crippen LogP) is 3.44. The standard InChI is InChI=1S/C21H15F2N7O/c1-29-18(24-12-26-29)11-31-21-19(13-6-2-4-8-15(13)22)17-10-25-27-20(30(17)28-21)14-7-3-5-9-16(14)23/h2-10,12H,11H2,1H3. The second-order valence-corrected chi connectivity index (χ2v) is 6.69. The van der Waals surface area contributed by atoms with E-state index in [-0.39, 0.29) is 29.4 Å². The van der Waals surface area contributed by atoms with Gasteiger partial charge in [0.05, 0.1) is 17.3 Å². The van der Waals surface area contributed by atoms with Crippen molar-refractivity contribution < 1.29 is 13.5 Å². The van der Waals surface area contributed by atoms with Crippen LogP contribution in [0.3, 0.4) is 0 Å². The number of rotatable bonds is 5. The van der Waals surface area contributed by atoms with Crippen molar-refractivity contribution in [2.24, 2.45) is 7.05 Å². The van der Waals surface area contributed by atoms with Crippen LogP contribution in [-0.4, -0.2) is 34.6 Å². The molecule has 154 valence electrons. The van der Waals surface area contributed by atoms with Gasteiger partial charge in [0.15, 0.2) is 11.6 Å². The van der Waals surface area contributed by atoms with Crippen LogP contribution in [0.4, 0.5) is 8.78 Å². The highest BCUT2D eigenvalue weighted by Gasteiger charge is 2.23. The third-order valence-corrected chi connectivity index (χ3v) is 4.82. The first-order valence-electron chi connectivity index (χ1n) is 9.33. The van der Waals surface area contributed by atoms with Crippen LogP contribution >= 0.6 is 0 Å². The van der Waals surface area contributed by atoms with Gasteiger partial charge in [0, 0.05) is 12.6 Å². The molecular weight excluding hydrogens is 404 g/mol. The zero-order chi connectivity index (χ0) is 21.4. The van der Waals surface area contributed by atoms with Gasteiger partial charge in [-0.2, -0.15) is 10.2 Å². The first-order valence-corrected chi connectivity index (χ1v) is 9.33. The zero-order valence-corrected chi connectivity index (χ0v) is 16.3. The Kier molecular flexibility index (Phi) is 4.58. The molecule has 0 N–H and O–H groups in total. The number of benzene rings is 2. The maximum Gasteiger partial charge on any atom is 0.242 e. The molecule has 0 bridgehead atoms. The first-order chi connectivity index (χ1) is 15.1. The van der Waals surface area contributed by atoms with E-state index in [1.54, 1.807) is 48.1 Å². The average Bonchev–Trinajstić information content (AvgIpc) is 3.36. The molecule has 2 aromatic carbocycles. The zero-order valence-electron chi connectivity index (χ0n) is 16.3. The molecule has 0 aliphatic carbocycles. The molecule has 3 aromatic heterocycles. The van der Waals surface area contributed by atoms with Crippen molar-refractivity contribution in [1.29, 1.82) is 0 Å². The Morgan fingerprint density at radius 2 is 1.68 bits per heavy atom. The maximum atomic E-state index is 14.7. The highest BCUT2D eigenvalue weighted by Crippen LogP contribution is 2.37. The minimum Gasteiger partial charge on any atom is -0.468 e. The molecule has 5 rings (SSSR count). The van der Waals surface area contributed by atoms with Gasteiger partial charge < -0.3 is 4.74 Å². The SMILES string of the molecule is Cn1ncnc1COc1nn2c(-c3ccccc3F)nncc2c1-c1ccccc1F. The maximum absolute atomic E-state index is 14.7. The monoisotopic (exact) mass is 419 g/mol. The Labute approximate surface area is 174 Å². The van der Waals surface area contributed by atoms with E-state index in [1.807, 2.05) is 0 Å². The highest BCUT2D eigenvalue weighted by atomic mass is 19.1. The molecule has 0 saturated carbocycles. The normalized spacial score (nSPS) is 11.2. The molecular formula is C21H15F2N7O. The van der Waals surface area contributed by atoms with Crippen LogP contribution in [0, 0.1) is 11.6 Å². The number of ether oxygens (including phenoxy) is 1. The number of fused-ring (bicyclic) bond motifs is 1. The minimum atomic E-state index is -0.478. The molecule has 0 radical (unpaired) electrons. The van der Waals surface area contributed by atoms with Crippen LogP contribution in [-0.2, 0) is 13.7 Å². The van der Waals surface area contributed by atoms with Gasteiger partial charge in [0.1, 0.15) is 30.1 Å². The van der Waals surface area contributed by atoms with Crippen LogP contribution < -0.4 is 4.74 Å². The van der Waals surface area contributed by atoms with Crippen LogP contribution in [0.1, 0.15) is 5.82 Å². The molecule has 5 aromatic rings. The fourth-order valence-electron chi connectivity index (χ4n) is 3.28. The Morgan fingerprint density at radius 3 is 2.35 bits per heavy atom. The molecule has 0 spiro atoms. The molecule has 3 heterocycles. The highest BCUT2D eigenvalue weighted by molar-refractivity contribution is 5.85. The second kappa shape index (κ2) is 7.56. The van der Waals surface area contributed by atoms with Gasteiger partial charge in [-0.1, -0.05) is 30.3 Å². The fraction of sp³-hybridized carbons (Fsp3) is 0.0952. The van der Waals surface area contributed by atoms with Crippen molar-refractivity contribution in [3.63, 3.8) is 0 Å². The summed E-state index contributed by atoms with van der Waals surface area (Å²) in [4.78, 5) is 4.13. The van der Waals surface area contributed by atoms with Crippen LogP contribution in [0.25, 0.3) is 28.0 Å². The van der Waals surface area contributed by atoms with Gasteiger partial charge in [0.2, 0.25) is 5.88 Å².